The van der Waals surface area contributed by atoms with Crippen LogP contribution in [0, 0.1) is 5.92 Å². The zero-order valence-electron chi connectivity index (χ0n) is 8.21. The zero-order valence-corrected chi connectivity index (χ0v) is 8.21. The molecular formula is C10H21NO. The second-order valence-corrected chi connectivity index (χ2v) is 4.21. The van der Waals surface area contributed by atoms with E-state index in [1.54, 1.807) is 0 Å². The average molecular weight is 171 g/mol. The first kappa shape index (κ1) is 10.0. The fraction of sp³-hybridized carbons (Fsp3) is 1.00. The van der Waals surface area contributed by atoms with E-state index >= 15 is 0 Å². The third-order valence-electron chi connectivity index (χ3n) is 2.72. The average Bonchev–Trinajstić information content (AvgIpc) is 2.03. The van der Waals surface area contributed by atoms with Crippen LogP contribution in [0.5, 0.6) is 0 Å². The van der Waals surface area contributed by atoms with Gasteiger partial charge in [0, 0.05) is 12.6 Å². The summed E-state index contributed by atoms with van der Waals surface area (Å²) in [4.78, 5) is 0. The van der Waals surface area contributed by atoms with Gasteiger partial charge in [-0.25, -0.2) is 0 Å². The first-order valence-electron chi connectivity index (χ1n) is 5.10. The summed E-state index contributed by atoms with van der Waals surface area (Å²) in [6.45, 7) is 4.91. The van der Waals surface area contributed by atoms with Gasteiger partial charge in [0.25, 0.3) is 0 Å². The summed E-state index contributed by atoms with van der Waals surface area (Å²) >= 11 is 0. The first-order chi connectivity index (χ1) is 5.68. The van der Waals surface area contributed by atoms with Crippen LogP contribution in [0.3, 0.4) is 0 Å². The monoisotopic (exact) mass is 171 g/mol. The number of nitrogens with one attached hydrogen (secondary N) is 1. The van der Waals surface area contributed by atoms with Crippen LogP contribution in [0.4, 0.5) is 0 Å². The quantitative estimate of drug-likeness (QED) is 0.675. The first-order valence-corrected chi connectivity index (χ1v) is 5.10. The van der Waals surface area contributed by atoms with Crippen molar-refractivity contribution in [3.8, 4) is 0 Å². The fourth-order valence-electron chi connectivity index (χ4n) is 1.80. The molecule has 0 aliphatic heterocycles. The molecule has 2 heteroatoms. The van der Waals surface area contributed by atoms with Crippen LogP contribution in [-0.2, 0) is 0 Å². The highest BCUT2D eigenvalue weighted by molar-refractivity contribution is 4.75. The highest BCUT2D eigenvalue weighted by Crippen LogP contribution is 2.23. The largest absolute Gasteiger partial charge is 0.392 e. The van der Waals surface area contributed by atoms with Gasteiger partial charge in [-0.15, -0.1) is 0 Å². The summed E-state index contributed by atoms with van der Waals surface area (Å²) in [6, 6.07) is 0.663. The van der Waals surface area contributed by atoms with Gasteiger partial charge in [0.15, 0.2) is 0 Å². The Morgan fingerprint density at radius 2 is 1.92 bits per heavy atom. The molecule has 12 heavy (non-hydrogen) atoms. The minimum absolute atomic E-state index is 0.204. The number of aliphatic hydroxyl groups is 1. The second-order valence-electron chi connectivity index (χ2n) is 4.21. The van der Waals surface area contributed by atoms with Gasteiger partial charge >= 0.3 is 0 Å². The van der Waals surface area contributed by atoms with Gasteiger partial charge in [0.05, 0.1) is 6.10 Å². The summed E-state index contributed by atoms with van der Waals surface area (Å²) in [5.41, 5.74) is 0. The van der Waals surface area contributed by atoms with Gasteiger partial charge in [-0.2, -0.15) is 0 Å². The highest BCUT2D eigenvalue weighted by atomic mass is 16.3. The highest BCUT2D eigenvalue weighted by Gasteiger charge is 2.17. The Bertz CT molecular complexity index is 117. The Morgan fingerprint density at radius 3 is 2.42 bits per heavy atom. The third kappa shape index (κ3) is 3.55. The third-order valence-corrected chi connectivity index (χ3v) is 2.72. The van der Waals surface area contributed by atoms with Crippen molar-refractivity contribution in [1.82, 2.24) is 5.32 Å². The molecule has 0 heterocycles. The lowest BCUT2D eigenvalue weighted by atomic mass is 9.87. The summed E-state index contributed by atoms with van der Waals surface area (Å²) < 4.78 is 0. The SMILES string of the molecule is CC(O)CNC1CCC(C)CC1. The smallest absolute Gasteiger partial charge is 0.0636 e. The topological polar surface area (TPSA) is 32.3 Å². The van der Waals surface area contributed by atoms with E-state index in [1.807, 2.05) is 6.92 Å². The molecular weight excluding hydrogens is 150 g/mol. The van der Waals surface area contributed by atoms with Crippen molar-refractivity contribution >= 4 is 0 Å². The molecule has 1 aliphatic carbocycles. The maximum Gasteiger partial charge on any atom is 0.0636 e. The van der Waals surface area contributed by atoms with Gasteiger partial charge in [-0.1, -0.05) is 6.92 Å². The van der Waals surface area contributed by atoms with Crippen LogP contribution in [0.1, 0.15) is 39.5 Å². The molecule has 1 atom stereocenters. The Morgan fingerprint density at radius 1 is 1.33 bits per heavy atom. The fourth-order valence-corrected chi connectivity index (χ4v) is 1.80. The van der Waals surface area contributed by atoms with E-state index in [9.17, 15) is 0 Å². The molecule has 1 saturated carbocycles. The molecule has 72 valence electrons. The zero-order chi connectivity index (χ0) is 8.97. The van der Waals surface area contributed by atoms with Crippen molar-refractivity contribution < 1.29 is 5.11 Å². The molecule has 2 N–H and O–H groups in total. The van der Waals surface area contributed by atoms with E-state index < -0.39 is 0 Å². The Kier molecular flexibility index (Phi) is 4.02. The van der Waals surface area contributed by atoms with Crippen molar-refractivity contribution in [3.63, 3.8) is 0 Å². The molecule has 0 aromatic heterocycles. The predicted molar refractivity (Wildman–Crippen MR) is 51.1 cm³/mol. The number of hydrogen-bond acceptors (Lipinski definition) is 2. The Labute approximate surface area is 75.4 Å². The molecule has 1 aliphatic rings. The van der Waals surface area contributed by atoms with Crippen LogP contribution >= 0.6 is 0 Å². The maximum atomic E-state index is 9.07. The van der Waals surface area contributed by atoms with Crippen molar-refractivity contribution in [1.29, 1.82) is 0 Å². The van der Waals surface area contributed by atoms with Crippen LogP contribution in [0.25, 0.3) is 0 Å². The molecule has 0 bridgehead atoms. The van der Waals surface area contributed by atoms with E-state index in [-0.39, 0.29) is 6.10 Å². The normalized spacial score (nSPS) is 33.2. The summed E-state index contributed by atoms with van der Waals surface area (Å²) in [7, 11) is 0. The maximum absolute atomic E-state index is 9.07. The molecule has 0 spiro atoms. The van der Waals surface area contributed by atoms with Gasteiger partial charge in [0.1, 0.15) is 0 Å². The summed E-state index contributed by atoms with van der Waals surface area (Å²) in [5.74, 6) is 0.912. The van der Waals surface area contributed by atoms with Gasteiger partial charge in [0.2, 0.25) is 0 Å². The van der Waals surface area contributed by atoms with Crippen molar-refractivity contribution in [3.05, 3.63) is 0 Å². The van der Waals surface area contributed by atoms with Crippen LogP contribution in [0.2, 0.25) is 0 Å². The molecule has 2 nitrogen and oxygen atoms in total. The van der Waals surface area contributed by atoms with E-state index in [0.29, 0.717) is 6.04 Å². The summed E-state index contributed by atoms with van der Waals surface area (Å²) in [5, 5.41) is 12.5. The van der Waals surface area contributed by atoms with Gasteiger partial charge in [-0.3, -0.25) is 0 Å². The molecule has 1 rings (SSSR count). The van der Waals surface area contributed by atoms with Crippen molar-refractivity contribution in [2.24, 2.45) is 5.92 Å². The van der Waals surface area contributed by atoms with Gasteiger partial charge in [-0.05, 0) is 38.5 Å². The molecule has 1 unspecified atom stereocenters. The van der Waals surface area contributed by atoms with Crippen molar-refractivity contribution in [2.45, 2.75) is 51.7 Å². The number of hydrogen-bond donors (Lipinski definition) is 2. The molecule has 0 amide bonds. The molecule has 0 radical (unpaired) electrons. The van der Waals surface area contributed by atoms with E-state index in [0.717, 1.165) is 12.5 Å². The van der Waals surface area contributed by atoms with Crippen LogP contribution < -0.4 is 5.32 Å². The molecule has 0 aromatic rings. The molecule has 0 aromatic carbocycles. The lowest BCUT2D eigenvalue weighted by Gasteiger charge is -2.27. The van der Waals surface area contributed by atoms with Crippen LogP contribution in [0.15, 0.2) is 0 Å². The molecule has 1 fully saturated rings. The van der Waals surface area contributed by atoms with Crippen molar-refractivity contribution in [2.75, 3.05) is 6.54 Å². The lowest BCUT2D eigenvalue weighted by Crippen LogP contribution is -2.36. The Balaban J connectivity index is 2.09. The number of rotatable bonds is 3. The Hall–Kier alpha value is -0.0800. The predicted octanol–water partition coefficient (Wildman–Crippen LogP) is 1.54. The summed E-state index contributed by atoms with van der Waals surface area (Å²) in [6.07, 6.45) is 5.06. The minimum Gasteiger partial charge on any atom is -0.392 e. The standard InChI is InChI=1S/C10H21NO/c1-8-3-5-10(6-4-8)11-7-9(2)12/h8-12H,3-7H2,1-2H3. The lowest BCUT2D eigenvalue weighted by molar-refractivity contribution is 0.178. The van der Waals surface area contributed by atoms with Crippen LogP contribution in [-0.4, -0.2) is 23.8 Å². The van der Waals surface area contributed by atoms with E-state index in [4.69, 9.17) is 5.11 Å². The van der Waals surface area contributed by atoms with E-state index in [2.05, 4.69) is 12.2 Å². The minimum atomic E-state index is -0.204. The van der Waals surface area contributed by atoms with E-state index in [1.165, 1.54) is 25.7 Å². The van der Waals surface area contributed by atoms with Gasteiger partial charge < -0.3 is 10.4 Å². The number of aliphatic hydroxyl groups excluding tert-OH is 1. The second kappa shape index (κ2) is 4.83. The molecule has 0 saturated heterocycles.